The molecule has 0 unspecified atom stereocenters. The second-order valence-corrected chi connectivity index (χ2v) is 8.50. The summed E-state index contributed by atoms with van der Waals surface area (Å²) < 4.78 is 5.17. The molecule has 4 aliphatic carbocycles. The van der Waals surface area contributed by atoms with E-state index in [-0.39, 0.29) is 5.91 Å². The third kappa shape index (κ3) is 2.92. The average Bonchev–Trinajstić information content (AvgIpc) is 2.81. The number of hydrogen-bond acceptors (Lipinski definition) is 3. The van der Waals surface area contributed by atoms with Crippen LogP contribution in [-0.4, -0.2) is 17.6 Å². The molecule has 4 bridgehead atoms. The number of nitrogens with one attached hydrogen (secondary N) is 1. The predicted molar refractivity (Wildman–Crippen MR) is 87.9 cm³/mol. The van der Waals surface area contributed by atoms with E-state index in [0.717, 1.165) is 47.7 Å². The Morgan fingerprint density at radius 1 is 1.17 bits per heavy atom. The standard InChI is InChI=1S/C19H28N2O2/c1-12-17(13(2)23-21-12)3-4-18(22)20-11-19-8-14-5-15(9-19)7-16(6-14)10-19/h14-16H,3-11H2,1-2H3,(H,20,22). The topological polar surface area (TPSA) is 55.1 Å². The highest BCUT2D eigenvalue weighted by molar-refractivity contribution is 5.76. The third-order valence-corrected chi connectivity index (χ3v) is 6.61. The van der Waals surface area contributed by atoms with Gasteiger partial charge in [0.2, 0.25) is 5.91 Å². The van der Waals surface area contributed by atoms with Gasteiger partial charge in [-0.3, -0.25) is 4.79 Å². The Morgan fingerprint density at radius 3 is 2.30 bits per heavy atom. The summed E-state index contributed by atoms with van der Waals surface area (Å²) in [4.78, 5) is 12.3. The second kappa shape index (κ2) is 5.64. The number of aryl methyl sites for hydroxylation is 2. The molecule has 0 radical (unpaired) electrons. The fourth-order valence-corrected chi connectivity index (χ4v) is 5.98. The summed E-state index contributed by atoms with van der Waals surface area (Å²) in [6.07, 6.45) is 9.69. The summed E-state index contributed by atoms with van der Waals surface area (Å²) in [5.74, 6) is 3.86. The van der Waals surface area contributed by atoms with E-state index in [1.165, 1.54) is 38.5 Å². The zero-order valence-corrected chi connectivity index (χ0v) is 14.4. The van der Waals surface area contributed by atoms with Crippen LogP contribution in [0.1, 0.15) is 62.0 Å². The van der Waals surface area contributed by atoms with E-state index in [1.807, 2.05) is 13.8 Å². The van der Waals surface area contributed by atoms with Crippen LogP contribution >= 0.6 is 0 Å². The maximum absolute atomic E-state index is 12.3. The number of nitrogens with zero attached hydrogens (tertiary/aromatic N) is 1. The molecular weight excluding hydrogens is 288 g/mol. The van der Waals surface area contributed by atoms with Crippen LogP contribution in [0.15, 0.2) is 4.52 Å². The Bertz CT molecular complexity index is 550. The molecule has 0 spiro atoms. The molecule has 5 rings (SSSR count). The molecule has 1 aromatic rings. The maximum Gasteiger partial charge on any atom is 0.220 e. The van der Waals surface area contributed by atoms with Gasteiger partial charge in [0.25, 0.3) is 0 Å². The van der Waals surface area contributed by atoms with Gasteiger partial charge in [-0.05, 0) is 82.0 Å². The van der Waals surface area contributed by atoms with E-state index in [4.69, 9.17) is 4.52 Å². The van der Waals surface area contributed by atoms with Gasteiger partial charge in [0, 0.05) is 18.5 Å². The van der Waals surface area contributed by atoms with Crippen LogP contribution in [0.2, 0.25) is 0 Å². The molecule has 4 nitrogen and oxygen atoms in total. The Morgan fingerprint density at radius 2 is 1.78 bits per heavy atom. The zero-order chi connectivity index (χ0) is 16.0. The molecule has 126 valence electrons. The van der Waals surface area contributed by atoms with Crippen molar-refractivity contribution in [3.63, 3.8) is 0 Å². The maximum atomic E-state index is 12.3. The molecule has 1 amide bonds. The molecule has 0 saturated heterocycles. The van der Waals surface area contributed by atoms with Crippen molar-refractivity contribution in [2.45, 2.75) is 65.2 Å². The van der Waals surface area contributed by atoms with Crippen molar-refractivity contribution in [2.24, 2.45) is 23.2 Å². The van der Waals surface area contributed by atoms with Gasteiger partial charge >= 0.3 is 0 Å². The lowest BCUT2D eigenvalue weighted by Gasteiger charge is -2.56. The lowest BCUT2D eigenvalue weighted by molar-refractivity contribution is -0.123. The minimum absolute atomic E-state index is 0.181. The van der Waals surface area contributed by atoms with Crippen LogP contribution in [0.4, 0.5) is 0 Å². The summed E-state index contributed by atoms with van der Waals surface area (Å²) in [6, 6.07) is 0. The van der Waals surface area contributed by atoms with Crippen molar-refractivity contribution in [1.82, 2.24) is 10.5 Å². The van der Waals surface area contributed by atoms with E-state index >= 15 is 0 Å². The highest BCUT2D eigenvalue weighted by atomic mass is 16.5. The van der Waals surface area contributed by atoms with Gasteiger partial charge in [0.05, 0.1) is 5.69 Å². The predicted octanol–water partition coefficient (Wildman–Crippen LogP) is 3.56. The van der Waals surface area contributed by atoms with Crippen LogP contribution in [-0.2, 0) is 11.2 Å². The van der Waals surface area contributed by atoms with Crippen LogP contribution < -0.4 is 5.32 Å². The van der Waals surface area contributed by atoms with Gasteiger partial charge in [-0.25, -0.2) is 0 Å². The molecule has 0 atom stereocenters. The fraction of sp³-hybridized carbons (Fsp3) is 0.789. The lowest BCUT2D eigenvalue weighted by atomic mass is 9.49. The number of rotatable bonds is 5. The first-order valence-electron chi connectivity index (χ1n) is 9.21. The monoisotopic (exact) mass is 316 g/mol. The molecule has 0 aromatic carbocycles. The van der Waals surface area contributed by atoms with Gasteiger partial charge < -0.3 is 9.84 Å². The van der Waals surface area contributed by atoms with Crippen molar-refractivity contribution in [3.05, 3.63) is 17.0 Å². The van der Waals surface area contributed by atoms with Crippen molar-refractivity contribution in [2.75, 3.05) is 6.54 Å². The number of hydrogen-bond donors (Lipinski definition) is 1. The quantitative estimate of drug-likeness (QED) is 0.903. The zero-order valence-electron chi connectivity index (χ0n) is 14.4. The highest BCUT2D eigenvalue weighted by Gasteiger charge is 2.50. The van der Waals surface area contributed by atoms with Gasteiger partial charge in [-0.2, -0.15) is 0 Å². The van der Waals surface area contributed by atoms with E-state index in [2.05, 4.69) is 10.5 Å². The Balaban J connectivity index is 1.30. The van der Waals surface area contributed by atoms with E-state index in [9.17, 15) is 4.79 Å². The number of carbonyl (C=O) groups excluding carboxylic acids is 1. The third-order valence-electron chi connectivity index (χ3n) is 6.61. The molecule has 1 heterocycles. The molecule has 4 heteroatoms. The molecule has 1 aromatic heterocycles. The number of amides is 1. The van der Waals surface area contributed by atoms with Crippen molar-refractivity contribution in [3.8, 4) is 0 Å². The first-order chi connectivity index (χ1) is 11.0. The summed E-state index contributed by atoms with van der Waals surface area (Å²) in [5, 5.41) is 7.21. The van der Waals surface area contributed by atoms with Crippen molar-refractivity contribution < 1.29 is 9.32 Å². The normalized spacial score (nSPS) is 34.8. The van der Waals surface area contributed by atoms with Crippen LogP contribution in [0.25, 0.3) is 0 Å². The molecule has 23 heavy (non-hydrogen) atoms. The van der Waals surface area contributed by atoms with Gasteiger partial charge in [-0.1, -0.05) is 5.16 Å². The first-order valence-corrected chi connectivity index (χ1v) is 9.21. The summed E-state index contributed by atoms with van der Waals surface area (Å²) in [5.41, 5.74) is 2.43. The van der Waals surface area contributed by atoms with Gasteiger partial charge in [0.15, 0.2) is 0 Å². The minimum Gasteiger partial charge on any atom is -0.361 e. The first kappa shape index (κ1) is 15.2. The van der Waals surface area contributed by atoms with E-state index < -0.39 is 0 Å². The summed E-state index contributed by atoms with van der Waals surface area (Å²) in [7, 11) is 0. The van der Waals surface area contributed by atoms with Gasteiger partial charge in [0.1, 0.15) is 5.76 Å². The van der Waals surface area contributed by atoms with Crippen LogP contribution in [0.5, 0.6) is 0 Å². The Kier molecular flexibility index (Phi) is 3.73. The van der Waals surface area contributed by atoms with Crippen molar-refractivity contribution in [1.29, 1.82) is 0 Å². The van der Waals surface area contributed by atoms with E-state index in [1.54, 1.807) is 0 Å². The van der Waals surface area contributed by atoms with Gasteiger partial charge in [-0.15, -0.1) is 0 Å². The Hall–Kier alpha value is -1.32. The van der Waals surface area contributed by atoms with E-state index in [0.29, 0.717) is 11.8 Å². The van der Waals surface area contributed by atoms with Crippen molar-refractivity contribution >= 4 is 5.91 Å². The number of carbonyl (C=O) groups is 1. The molecule has 1 N–H and O–H groups in total. The smallest absolute Gasteiger partial charge is 0.220 e. The minimum atomic E-state index is 0.181. The molecule has 0 aliphatic heterocycles. The molecule has 4 saturated carbocycles. The molecular formula is C19H28N2O2. The van der Waals surface area contributed by atoms with Crippen LogP contribution in [0, 0.1) is 37.0 Å². The second-order valence-electron chi connectivity index (χ2n) is 8.50. The molecule has 4 fully saturated rings. The highest BCUT2D eigenvalue weighted by Crippen LogP contribution is 2.59. The summed E-state index contributed by atoms with van der Waals surface area (Å²) >= 11 is 0. The summed E-state index contributed by atoms with van der Waals surface area (Å²) in [6.45, 7) is 4.76. The lowest BCUT2D eigenvalue weighted by Crippen LogP contribution is -2.51. The number of aromatic nitrogens is 1. The van der Waals surface area contributed by atoms with Crippen LogP contribution in [0.3, 0.4) is 0 Å². The fourth-order valence-electron chi connectivity index (χ4n) is 5.98. The largest absolute Gasteiger partial charge is 0.361 e. The molecule has 4 aliphatic rings. The Labute approximate surface area is 138 Å². The average molecular weight is 316 g/mol. The SMILES string of the molecule is Cc1noc(C)c1CCC(=O)NCC12CC3CC(CC(C3)C1)C2.